The van der Waals surface area contributed by atoms with Gasteiger partial charge in [0, 0.05) is 18.8 Å². The Hall–Kier alpha value is -0.780. The van der Waals surface area contributed by atoms with Gasteiger partial charge in [0.2, 0.25) is 11.1 Å². The van der Waals surface area contributed by atoms with E-state index >= 15 is 0 Å². The number of nitrogens with zero attached hydrogens (tertiary/aromatic N) is 2. The molecule has 0 atom stereocenters. The largest absolute Gasteiger partial charge is 0.374 e. The summed E-state index contributed by atoms with van der Waals surface area (Å²) in [4.78, 5) is 0. The number of halogens is 2. The van der Waals surface area contributed by atoms with E-state index in [4.69, 9.17) is 5.73 Å². The Morgan fingerprint density at radius 1 is 1.29 bits per heavy atom. The normalized spacial score (nSPS) is 22.4. The molecule has 14 heavy (non-hydrogen) atoms. The SMILES string of the molecule is Nc1nnc(C2CCC(F)(F)CC2)s1. The molecule has 0 unspecified atom stereocenters. The maximum absolute atomic E-state index is 12.8. The number of hydrogen-bond donors (Lipinski definition) is 1. The molecule has 1 aliphatic carbocycles. The molecule has 1 aliphatic rings. The Morgan fingerprint density at radius 2 is 1.93 bits per heavy atom. The lowest BCUT2D eigenvalue weighted by atomic mass is 9.87. The fourth-order valence-electron chi connectivity index (χ4n) is 1.70. The van der Waals surface area contributed by atoms with Crippen LogP contribution in [0.5, 0.6) is 0 Å². The summed E-state index contributed by atoms with van der Waals surface area (Å²) in [6.45, 7) is 0. The van der Waals surface area contributed by atoms with Gasteiger partial charge in [-0.2, -0.15) is 0 Å². The van der Waals surface area contributed by atoms with Crippen molar-refractivity contribution < 1.29 is 8.78 Å². The van der Waals surface area contributed by atoms with E-state index in [-0.39, 0.29) is 18.8 Å². The first-order valence-corrected chi connectivity index (χ1v) is 5.35. The molecule has 0 spiro atoms. The molecule has 0 saturated heterocycles. The zero-order valence-electron chi connectivity index (χ0n) is 7.54. The van der Waals surface area contributed by atoms with Crippen molar-refractivity contribution in [3.8, 4) is 0 Å². The first-order chi connectivity index (χ1) is 6.57. The fourth-order valence-corrected chi connectivity index (χ4v) is 2.48. The Balaban J connectivity index is 2.02. The summed E-state index contributed by atoms with van der Waals surface area (Å²) < 4.78 is 25.7. The van der Waals surface area contributed by atoms with Crippen molar-refractivity contribution in [1.29, 1.82) is 0 Å². The lowest BCUT2D eigenvalue weighted by Crippen LogP contribution is -2.23. The van der Waals surface area contributed by atoms with Crippen molar-refractivity contribution in [2.45, 2.75) is 37.5 Å². The van der Waals surface area contributed by atoms with Crippen LogP contribution in [-0.4, -0.2) is 16.1 Å². The predicted octanol–water partition coefficient (Wildman–Crippen LogP) is 2.41. The van der Waals surface area contributed by atoms with Crippen LogP contribution in [0, 0.1) is 0 Å². The topological polar surface area (TPSA) is 51.8 Å². The Labute approximate surface area is 84.3 Å². The molecule has 78 valence electrons. The van der Waals surface area contributed by atoms with Crippen molar-refractivity contribution in [3.05, 3.63) is 5.01 Å². The summed E-state index contributed by atoms with van der Waals surface area (Å²) in [5.41, 5.74) is 5.44. The number of nitrogen functional groups attached to an aromatic ring is 1. The third-order valence-corrected chi connectivity index (χ3v) is 3.44. The Bertz CT molecular complexity index is 316. The summed E-state index contributed by atoms with van der Waals surface area (Å²) in [6.07, 6.45) is 0.886. The fraction of sp³-hybridized carbons (Fsp3) is 0.750. The van der Waals surface area contributed by atoms with Gasteiger partial charge in [0.25, 0.3) is 0 Å². The van der Waals surface area contributed by atoms with Crippen molar-refractivity contribution in [2.24, 2.45) is 0 Å². The average Bonchev–Trinajstić information content (AvgIpc) is 2.52. The molecular weight excluding hydrogens is 208 g/mol. The van der Waals surface area contributed by atoms with E-state index < -0.39 is 5.92 Å². The lowest BCUT2D eigenvalue weighted by Gasteiger charge is -2.26. The maximum Gasteiger partial charge on any atom is 0.248 e. The monoisotopic (exact) mass is 219 g/mol. The van der Waals surface area contributed by atoms with Crippen molar-refractivity contribution in [1.82, 2.24) is 10.2 Å². The zero-order valence-corrected chi connectivity index (χ0v) is 8.36. The molecule has 2 N–H and O–H groups in total. The van der Waals surface area contributed by atoms with Gasteiger partial charge in [-0.1, -0.05) is 11.3 Å². The molecule has 2 rings (SSSR count). The lowest BCUT2D eigenvalue weighted by molar-refractivity contribution is -0.0382. The van der Waals surface area contributed by atoms with Crippen LogP contribution in [0.25, 0.3) is 0 Å². The maximum atomic E-state index is 12.8. The van der Waals surface area contributed by atoms with Crippen molar-refractivity contribution in [3.63, 3.8) is 0 Å². The third kappa shape index (κ3) is 2.00. The van der Waals surface area contributed by atoms with Gasteiger partial charge in [0.15, 0.2) is 0 Å². The van der Waals surface area contributed by atoms with Crippen molar-refractivity contribution >= 4 is 16.5 Å². The van der Waals surface area contributed by atoms with Crippen molar-refractivity contribution in [2.75, 3.05) is 5.73 Å². The molecule has 0 bridgehead atoms. The molecule has 3 nitrogen and oxygen atoms in total. The van der Waals surface area contributed by atoms with E-state index in [1.165, 1.54) is 11.3 Å². The first kappa shape index (κ1) is 9.76. The van der Waals surface area contributed by atoms with Crippen LogP contribution in [0.2, 0.25) is 0 Å². The van der Waals surface area contributed by atoms with E-state index in [2.05, 4.69) is 10.2 Å². The second-order valence-electron chi connectivity index (χ2n) is 3.61. The zero-order chi connectivity index (χ0) is 10.2. The Morgan fingerprint density at radius 3 is 2.43 bits per heavy atom. The van der Waals surface area contributed by atoms with E-state index in [0.717, 1.165) is 5.01 Å². The van der Waals surface area contributed by atoms with Gasteiger partial charge < -0.3 is 5.73 Å². The quantitative estimate of drug-likeness (QED) is 0.789. The number of aromatic nitrogens is 2. The highest BCUT2D eigenvalue weighted by molar-refractivity contribution is 7.15. The number of rotatable bonds is 1. The summed E-state index contributed by atoms with van der Waals surface area (Å²) >= 11 is 1.31. The van der Waals surface area contributed by atoms with E-state index in [1.54, 1.807) is 0 Å². The number of alkyl halides is 2. The summed E-state index contributed by atoms with van der Waals surface area (Å²) in [5, 5.41) is 8.79. The summed E-state index contributed by atoms with van der Waals surface area (Å²) in [7, 11) is 0. The second-order valence-corrected chi connectivity index (χ2v) is 4.65. The minimum atomic E-state index is -2.48. The standard InChI is InChI=1S/C8H11F2N3S/c9-8(10)3-1-5(2-4-8)6-12-13-7(11)14-6/h5H,1-4H2,(H2,11,13). The van der Waals surface area contributed by atoms with Gasteiger partial charge in [0.1, 0.15) is 5.01 Å². The summed E-state index contributed by atoms with van der Waals surface area (Å²) in [6, 6.07) is 0. The minimum absolute atomic E-state index is 0.0445. The molecule has 6 heteroatoms. The highest BCUT2D eigenvalue weighted by Gasteiger charge is 2.36. The van der Waals surface area contributed by atoms with Crippen LogP contribution in [-0.2, 0) is 0 Å². The molecule has 1 aromatic rings. The molecule has 0 amide bonds. The molecule has 1 aromatic heterocycles. The van der Waals surface area contributed by atoms with E-state index in [1.807, 2.05) is 0 Å². The molecule has 1 fully saturated rings. The molecule has 0 aliphatic heterocycles. The molecule has 1 saturated carbocycles. The van der Waals surface area contributed by atoms with Gasteiger partial charge >= 0.3 is 0 Å². The average molecular weight is 219 g/mol. The highest BCUT2D eigenvalue weighted by atomic mass is 32.1. The van der Waals surface area contributed by atoms with Gasteiger partial charge in [0.05, 0.1) is 0 Å². The van der Waals surface area contributed by atoms with Crippen LogP contribution in [0.3, 0.4) is 0 Å². The van der Waals surface area contributed by atoms with Crippen LogP contribution < -0.4 is 5.73 Å². The number of anilines is 1. The van der Waals surface area contributed by atoms with Gasteiger partial charge in [-0.15, -0.1) is 10.2 Å². The number of hydrogen-bond acceptors (Lipinski definition) is 4. The second kappa shape index (κ2) is 3.42. The van der Waals surface area contributed by atoms with Gasteiger partial charge in [-0.05, 0) is 12.8 Å². The van der Waals surface area contributed by atoms with Crippen LogP contribution in [0.1, 0.15) is 36.6 Å². The predicted molar refractivity (Wildman–Crippen MR) is 50.5 cm³/mol. The van der Waals surface area contributed by atoms with Gasteiger partial charge in [-0.3, -0.25) is 0 Å². The van der Waals surface area contributed by atoms with Crippen LogP contribution >= 0.6 is 11.3 Å². The van der Waals surface area contributed by atoms with Crippen LogP contribution in [0.4, 0.5) is 13.9 Å². The van der Waals surface area contributed by atoms with Crippen LogP contribution in [0.15, 0.2) is 0 Å². The smallest absolute Gasteiger partial charge is 0.248 e. The third-order valence-electron chi connectivity index (χ3n) is 2.52. The summed E-state index contributed by atoms with van der Waals surface area (Å²) in [5.74, 6) is -2.35. The Kier molecular flexibility index (Phi) is 2.38. The molecule has 1 heterocycles. The van der Waals surface area contributed by atoms with E-state index in [0.29, 0.717) is 18.0 Å². The van der Waals surface area contributed by atoms with Gasteiger partial charge in [-0.25, -0.2) is 8.78 Å². The first-order valence-electron chi connectivity index (χ1n) is 4.53. The minimum Gasteiger partial charge on any atom is -0.374 e. The number of nitrogens with two attached hydrogens (primary N) is 1. The molecular formula is C8H11F2N3S. The van der Waals surface area contributed by atoms with E-state index in [9.17, 15) is 8.78 Å². The highest BCUT2D eigenvalue weighted by Crippen LogP contribution is 2.41. The molecule has 0 radical (unpaired) electrons. The molecule has 0 aromatic carbocycles.